The third-order valence-corrected chi connectivity index (χ3v) is 7.88. The SMILES string of the molecule is Cc1cccc2c1N(C[C@H]1CC[C@H](NC(=O)c3cc(Cl)cnc3C(F)F)CC1)C(=O)C2(O)c1ccccc1F. The quantitative estimate of drug-likeness (QED) is 0.408. The largest absolute Gasteiger partial charge is 0.372 e. The van der Waals surface area contributed by atoms with Crippen LogP contribution in [0.1, 0.15) is 64.9 Å². The maximum Gasteiger partial charge on any atom is 0.281 e. The zero-order valence-corrected chi connectivity index (χ0v) is 21.9. The van der Waals surface area contributed by atoms with E-state index in [4.69, 9.17) is 11.6 Å². The third kappa shape index (κ3) is 4.89. The molecule has 2 heterocycles. The number of aryl methyl sites for hydroxylation is 1. The van der Waals surface area contributed by atoms with E-state index in [0.29, 0.717) is 43.5 Å². The normalized spacial score (nSPS) is 22.7. The number of fused-ring (bicyclic) bond motifs is 1. The Morgan fingerprint density at radius 1 is 1.15 bits per heavy atom. The summed E-state index contributed by atoms with van der Waals surface area (Å²) in [4.78, 5) is 31.6. The first-order valence-corrected chi connectivity index (χ1v) is 13.1. The number of aliphatic hydroxyl groups is 1. The number of para-hydroxylation sites is 1. The number of halogens is 4. The van der Waals surface area contributed by atoms with Crippen molar-refractivity contribution in [1.82, 2.24) is 10.3 Å². The zero-order chi connectivity index (χ0) is 27.9. The summed E-state index contributed by atoms with van der Waals surface area (Å²) in [5, 5.41) is 14.6. The lowest BCUT2D eigenvalue weighted by Gasteiger charge is -2.32. The molecule has 0 saturated heterocycles. The van der Waals surface area contributed by atoms with Gasteiger partial charge in [-0.3, -0.25) is 14.6 Å². The molecule has 0 radical (unpaired) electrons. The number of benzene rings is 2. The van der Waals surface area contributed by atoms with Crippen molar-refractivity contribution in [2.75, 3.05) is 11.4 Å². The van der Waals surface area contributed by atoms with Crippen LogP contribution < -0.4 is 10.2 Å². The summed E-state index contributed by atoms with van der Waals surface area (Å²) in [6.07, 6.45) is 0.639. The molecule has 0 bridgehead atoms. The minimum Gasteiger partial charge on any atom is -0.372 e. The summed E-state index contributed by atoms with van der Waals surface area (Å²) >= 11 is 5.88. The van der Waals surface area contributed by atoms with Gasteiger partial charge in [-0.15, -0.1) is 0 Å². The zero-order valence-electron chi connectivity index (χ0n) is 21.1. The van der Waals surface area contributed by atoms with Crippen LogP contribution in [0.25, 0.3) is 0 Å². The van der Waals surface area contributed by atoms with Gasteiger partial charge in [0.2, 0.25) is 0 Å². The summed E-state index contributed by atoms with van der Waals surface area (Å²) in [6.45, 7) is 2.17. The first-order chi connectivity index (χ1) is 18.6. The van der Waals surface area contributed by atoms with Gasteiger partial charge in [-0.1, -0.05) is 48.0 Å². The number of anilines is 1. The van der Waals surface area contributed by atoms with Crippen molar-refractivity contribution in [3.63, 3.8) is 0 Å². The molecule has 1 aliphatic heterocycles. The summed E-state index contributed by atoms with van der Waals surface area (Å²) in [7, 11) is 0. The van der Waals surface area contributed by atoms with Crippen molar-refractivity contribution in [1.29, 1.82) is 0 Å². The van der Waals surface area contributed by atoms with Gasteiger partial charge >= 0.3 is 0 Å². The van der Waals surface area contributed by atoms with Gasteiger partial charge in [-0.25, -0.2) is 13.2 Å². The Balaban J connectivity index is 1.30. The van der Waals surface area contributed by atoms with Gasteiger partial charge in [0.05, 0.1) is 16.3 Å². The van der Waals surface area contributed by atoms with Gasteiger partial charge in [0, 0.05) is 29.9 Å². The highest BCUT2D eigenvalue weighted by atomic mass is 35.5. The third-order valence-electron chi connectivity index (χ3n) is 7.67. The predicted octanol–water partition coefficient (Wildman–Crippen LogP) is 5.69. The maximum atomic E-state index is 14.8. The van der Waals surface area contributed by atoms with Crippen molar-refractivity contribution in [3.8, 4) is 0 Å². The number of rotatable bonds is 6. The van der Waals surface area contributed by atoms with Crippen LogP contribution in [0.4, 0.5) is 18.9 Å². The lowest BCUT2D eigenvalue weighted by atomic mass is 9.85. The van der Waals surface area contributed by atoms with Crippen LogP contribution in [0.2, 0.25) is 5.02 Å². The first kappa shape index (κ1) is 27.1. The fourth-order valence-corrected chi connectivity index (χ4v) is 5.88. The average Bonchev–Trinajstić information content (AvgIpc) is 3.13. The molecule has 1 saturated carbocycles. The molecule has 2 aromatic carbocycles. The van der Waals surface area contributed by atoms with Crippen LogP contribution in [-0.2, 0) is 10.4 Å². The van der Waals surface area contributed by atoms with Crippen LogP contribution in [-0.4, -0.2) is 34.5 Å². The highest BCUT2D eigenvalue weighted by Crippen LogP contribution is 2.47. The number of carbonyl (C=O) groups excluding carboxylic acids is 2. The van der Waals surface area contributed by atoms with Gasteiger partial charge in [0.25, 0.3) is 18.2 Å². The van der Waals surface area contributed by atoms with Crippen LogP contribution in [0.5, 0.6) is 0 Å². The van der Waals surface area contributed by atoms with E-state index >= 15 is 0 Å². The highest BCUT2D eigenvalue weighted by Gasteiger charge is 2.53. The van der Waals surface area contributed by atoms with E-state index < -0.39 is 35.4 Å². The minimum atomic E-state index is -2.91. The second kappa shape index (κ2) is 10.6. The Labute approximate surface area is 228 Å². The second-order valence-electron chi connectivity index (χ2n) is 10.2. The molecule has 1 aliphatic carbocycles. The van der Waals surface area contributed by atoms with E-state index in [2.05, 4.69) is 10.3 Å². The number of hydrogen-bond acceptors (Lipinski definition) is 4. The molecule has 10 heteroatoms. The molecule has 204 valence electrons. The molecule has 1 unspecified atom stereocenters. The Bertz CT molecular complexity index is 1430. The Hall–Kier alpha value is -3.43. The number of alkyl halides is 2. The van der Waals surface area contributed by atoms with Crippen LogP contribution in [0, 0.1) is 18.7 Å². The van der Waals surface area contributed by atoms with E-state index in [1.807, 2.05) is 13.0 Å². The van der Waals surface area contributed by atoms with Gasteiger partial charge in [0.1, 0.15) is 11.5 Å². The molecule has 2 aliphatic rings. The van der Waals surface area contributed by atoms with E-state index in [1.54, 1.807) is 23.1 Å². The molecule has 1 fully saturated rings. The predicted molar refractivity (Wildman–Crippen MR) is 140 cm³/mol. The minimum absolute atomic E-state index is 0.0574. The van der Waals surface area contributed by atoms with E-state index in [1.165, 1.54) is 24.3 Å². The molecule has 1 atom stereocenters. The molecule has 6 nitrogen and oxygen atoms in total. The summed E-state index contributed by atoms with van der Waals surface area (Å²) in [5.74, 6) is -1.86. The molecule has 2 N–H and O–H groups in total. The van der Waals surface area contributed by atoms with Crippen molar-refractivity contribution in [2.24, 2.45) is 5.92 Å². The highest BCUT2D eigenvalue weighted by molar-refractivity contribution is 6.30. The van der Waals surface area contributed by atoms with Crippen molar-refractivity contribution >= 4 is 29.1 Å². The van der Waals surface area contributed by atoms with E-state index in [9.17, 15) is 27.9 Å². The van der Waals surface area contributed by atoms with Crippen molar-refractivity contribution in [2.45, 2.75) is 50.7 Å². The number of carbonyl (C=O) groups is 2. The molecular weight excluding hydrogens is 531 g/mol. The number of nitrogens with zero attached hydrogens (tertiary/aromatic N) is 2. The smallest absolute Gasteiger partial charge is 0.281 e. The topological polar surface area (TPSA) is 82.5 Å². The van der Waals surface area contributed by atoms with Gasteiger partial charge in [0.15, 0.2) is 5.60 Å². The molecule has 0 spiro atoms. The molecule has 5 rings (SSSR count). The first-order valence-electron chi connectivity index (χ1n) is 12.7. The number of aromatic nitrogens is 1. The summed E-state index contributed by atoms with van der Waals surface area (Å²) in [6, 6.07) is 11.9. The fourth-order valence-electron chi connectivity index (χ4n) is 5.73. The fraction of sp³-hybridized carbons (Fsp3) is 0.345. The second-order valence-corrected chi connectivity index (χ2v) is 10.6. The number of amides is 2. The van der Waals surface area contributed by atoms with Crippen LogP contribution >= 0.6 is 11.6 Å². The number of hydrogen-bond donors (Lipinski definition) is 2. The Kier molecular flexibility index (Phi) is 7.39. The van der Waals surface area contributed by atoms with Crippen LogP contribution in [0.3, 0.4) is 0 Å². The molecule has 2 amide bonds. The van der Waals surface area contributed by atoms with Crippen molar-refractivity contribution in [3.05, 3.63) is 93.5 Å². The molecular formula is C29H27ClF3N3O3. The summed E-state index contributed by atoms with van der Waals surface area (Å²) < 4.78 is 41.5. The molecule has 1 aromatic heterocycles. The van der Waals surface area contributed by atoms with Gasteiger partial charge in [-0.05, 0) is 56.2 Å². The lowest BCUT2D eigenvalue weighted by Crippen LogP contribution is -2.45. The average molecular weight is 558 g/mol. The standard InChI is InChI=1S/C29H27ClF3N3O3/c1-16-5-4-7-22-25(16)36(28(38)29(22,39)21-6-2-3-8-23(21)31)15-17-9-11-19(12-10-17)35-27(37)20-13-18(30)14-34-24(20)26(32)33/h2-8,13-14,17,19,26,39H,9-12,15H2,1H3,(H,35,37)/t17-,19-,29?. The number of nitrogens with one attached hydrogen (secondary N) is 1. The van der Waals surface area contributed by atoms with Crippen LogP contribution in [0.15, 0.2) is 54.7 Å². The van der Waals surface area contributed by atoms with E-state index in [-0.39, 0.29) is 28.1 Å². The monoisotopic (exact) mass is 557 g/mol. The molecule has 39 heavy (non-hydrogen) atoms. The maximum absolute atomic E-state index is 14.8. The molecule has 3 aromatic rings. The lowest BCUT2D eigenvalue weighted by molar-refractivity contribution is -0.132. The van der Waals surface area contributed by atoms with E-state index in [0.717, 1.165) is 11.8 Å². The van der Waals surface area contributed by atoms with Crippen molar-refractivity contribution < 1.29 is 27.9 Å². The number of pyridine rings is 1. The van der Waals surface area contributed by atoms with Gasteiger partial charge in [-0.2, -0.15) is 0 Å². The Morgan fingerprint density at radius 3 is 2.54 bits per heavy atom. The summed E-state index contributed by atoms with van der Waals surface area (Å²) in [5.41, 5.74) is -1.37. The van der Waals surface area contributed by atoms with Gasteiger partial charge < -0.3 is 15.3 Å². The Morgan fingerprint density at radius 2 is 1.85 bits per heavy atom.